The summed E-state index contributed by atoms with van der Waals surface area (Å²) in [4.78, 5) is 2.52. The van der Waals surface area contributed by atoms with Crippen molar-refractivity contribution in [2.75, 3.05) is 18.0 Å². The van der Waals surface area contributed by atoms with Crippen LogP contribution in [0.5, 0.6) is 0 Å². The quantitative estimate of drug-likeness (QED) is 0.812. The summed E-state index contributed by atoms with van der Waals surface area (Å²) in [6, 6.07) is 6.95. The third-order valence-electron chi connectivity index (χ3n) is 3.97. The summed E-state index contributed by atoms with van der Waals surface area (Å²) in [6.45, 7) is 1.97. The predicted octanol–water partition coefficient (Wildman–Crippen LogP) is 2.44. The second-order valence-electron chi connectivity index (χ2n) is 4.95. The number of hydrogen-bond donors (Lipinski definition) is 1. The number of halogens is 1. The lowest BCUT2D eigenvalue weighted by molar-refractivity contribution is 0.357. The lowest BCUT2D eigenvalue weighted by Gasteiger charge is -2.36. The number of nitrogens with zero attached hydrogens (tertiary/aromatic N) is 1. The van der Waals surface area contributed by atoms with Gasteiger partial charge in [-0.25, -0.2) is 0 Å². The molecule has 1 aromatic rings. The van der Waals surface area contributed by atoms with Crippen LogP contribution in [0.2, 0.25) is 5.02 Å². The number of fused-ring (bicyclic) bond motifs is 3. The van der Waals surface area contributed by atoms with Crippen LogP contribution in [0, 0.1) is 5.92 Å². The molecule has 2 aliphatic rings. The SMILES string of the molecule is NCC1CCN2c3cc(Cl)ccc3CC2C1. The molecule has 2 heterocycles. The zero-order chi connectivity index (χ0) is 11.1. The standard InChI is InChI=1S/C13H17ClN2/c14-11-2-1-10-6-12-5-9(8-15)3-4-16(12)13(10)7-11/h1-2,7,9,12H,3-6,8,15H2. The van der Waals surface area contributed by atoms with E-state index in [1.165, 1.54) is 30.5 Å². The number of rotatable bonds is 1. The van der Waals surface area contributed by atoms with Gasteiger partial charge in [0, 0.05) is 23.3 Å². The summed E-state index contributed by atoms with van der Waals surface area (Å²) in [5.41, 5.74) is 8.58. The minimum atomic E-state index is 0.663. The number of piperidine rings is 1. The fourth-order valence-electron chi connectivity index (χ4n) is 3.09. The highest BCUT2D eigenvalue weighted by Gasteiger charge is 2.34. The van der Waals surface area contributed by atoms with Crippen molar-refractivity contribution in [2.45, 2.75) is 25.3 Å². The molecule has 86 valence electrons. The molecule has 0 amide bonds. The van der Waals surface area contributed by atoms with Crippen molar-refractivity contribution in [1.29, 1.82) is 0 Å². The molecule has 2 nitrogen and oxygen atoms in total. The van der Waals surface area contributed by atoms with Gasteiger partial charge < -0.3 is 10.6 Å². The molecule has 0 aliphatic carbocycles. The van der Waals surface area contributed by atoms with Crippen LogP contribution in [-0.2, 0) is 6.42 Å². The van der Waals surface area contributed by atoms with Crippen LogP contribution in [0.1, 0.15) is 18.4 Å². The Balaban J connectivity index is 1.88. The van der Waals surface area contributed by atoms with Crippen molar-refractivity contribution in [1.82, 2.24) is 0 Å². The second-order valence-corrected chi connectivity index (χ2v) is 5.39. The van der Waals surface area contributed by atoms with Gasteiger partial charge in [0.1, 0.15) is 0 Å². The summed E-state index contributed by atoms with van der Waals surface area (Å²) < 4.78 is 0. The van der Waals surface area contributed by atoms with Gasteiger partial charge in [-0.05, 0) is 49.4 Å². The van der Waals surface area contributed by atoms with E-state index < -0.39 is 0 Å². The van der Waals surface area contributed by atoms with E-state index in [2.05, 4.69) is 17.0 Å². The highest BCUT2D eigenvalue weighted by Crippen LogP contribution is 2.39. The first-order valence-corrected chi connectivity index (χ1v) is 6.41. The molecule has 0 aromatic heterocycles. The molecule has 0 bridgehead atoms. The van der Waals surface area contributed by atoms with E-state index in [1.807, 2.05) is 6.07 Å². The maximum atomic E-state index is 6.06. The van der Waals surface area contributed by atoms with Crippen molar-refractivity contribution >= 4 is 17.3 Å². The summed E-state index contributed by atoms with van der Waals surface area (Å²) in [7, 11) is 0. The zero-order valence-electron chi connectivity index (χ0n) is 9.32. The molecule has 2 N–H and O–H groups in total. The van der Waals surface area contributed by atoms with Crippen molar-refractivity contribution in [3.8, 4) is 0 Å². The first-order valence-electron chi connectivity index (χ1n) is 6.03. The van der Waals surface area contributed by atoms with Crippen molar-refractivity contribution in [3.63, 3.8) is 0 Å². The van der Waals surface area contributed by atoms with Gasteiger partial charge in [-0.3, -0.25) is 0 Å². The van der Waals surface area contributed by atoms with Gasteiger partial charge in [0.2, 0.25) is 0 Å². The number of nitrogens with two attached hydrogens (primary N) is 1. The first kappa shape index (κ1) is 10.4. The van der Waals surface area contributed by atoms with Crippen LogP contribution in [0.4, 0.5) is 5.69 Å². The number of anilines is 1. The summed E-state index contributed by atoms with van der Waals surface area (Å²) in [6.07, 6.45) is 3.63. The summed E-state index contributed by atoms with van der Waals surface area (Å²) >= 11 is 6.06. The van der Waals surface area contributed by atoms with Gasteiger partial charge in [0.15, 0.2) is 0 Å². The van der Waals surface area contributed by atoms with Crippen molar-refractivity contribution in [2.24, 2.45) is 11.7 Å². The molecule has 2 unspecified atom stereocenters. The van der Waals surface area contributed by atoms with E-state index in [0.717, 1.165) is 18.1 Å². The van der Waals surface area contributed by atoms with Crippen LogP contribution in [0.25, 0.3) is 0 Å². The van der Waals surface area contributed by atoms with Gasteiger partial charge in [0.05, 0.1) is 0 Å². The predicted molar refractivity (Wildman–Crippen MR) is 68.1 cm³/mol. The third kappa shape index (κ3) is 1.61. The maximum Gasteiger partial charge on any atom is 0.0426 e. The summed E-state index contributed by atoms with van der Waals surface area (Å²) in [5.74, 6) is 0.714. The molecular weight excluding hydrogens is 220 g/mol. The number of benzene rings is 1. The van der Waals surface area contributed by atoms with E-state index >= 15 is 0 Å². The smallest absolute Gasteiger partial charge is 0.0426 e. The third-order valence-corrected chi connectivity index (χ3v) is 4.21. The molecule has 1 fully saturated rings. The van der Waals surface area contributed by atoms with Crippen LogP contribution in [0.3, 0.4) is 0 Å². The van der Waals surface area contributed by atoms with Gasteiger partial charge in [-0.1, -0.05) is 17.7 Å². The molecule has 3 heteroatoms. The molecule has 2 atom stereocenters. The molecule has 0 spiro atoms. The number of hydrogen-bond acceptors (Lipinski definition) is 2. The largest absolute Gasteiger partial charge is 0.368 e. The lowest BCUT2D eigenvalue weighted by Crippen LogP contribution is -2.41. The van der Waals surface area contributed by atoms with Gasteiger partial charge >= 0.3 is 0 Å². The van der Waals surface area contributed by atoms with Crippen LogP contribution < -0.4 is 10.6 Å². The van der Waals surface area contributed by atoms with Gasteiger partial charge in [-0.2, -0.15) is 0 Å². The van der Waals surface area contributed by atoms with Crippen molar-refractivity contribution in [3.05, 3.63) is 28.8 Å². The Kier molecular flexibility index (Phi) is 2.56. The fourth-order valence-corrected chi connectivity index (χ4v) is 3.26. The van der Waals surface area contributed by atoms with E-state index in [9.17, 15) is 0 Å². The monoisotopic (exact) mass is 236 g/mol. The average molecular weight is 237 g/mol. The minimum absolute atomic E-state index is 0.663. The van der Waals surface area contributed by atoms with E-state index in [-0.39, 0.29) is 0 Å². The molecule has 3 rings (SSSR count). The Morgan fingerprint density at radius 2 is 2.31 bits per heavy atom. The minimum Gasteiger partial charge on any atom is -0.368 e. The Hall–Kier alpha value is -0.730. The normalized spacial score (nSPS) is 27.8. The molecule has 0 radical (unpaired) electrons. The van der Waals surface area contributed by atoms with E-state index in [4.69, 9.17) is 17.3 Å². The average Bonchev–Trinajstić information content (AvgIpc) is 2.66. The van der Waals surface area contributed by atoms with Gasteiger partial charge in [0.25, 0.3) is 0 Å². The molecular formula is C13H17ClN2. The van der Waals surface area contributed by atoms with Crippen LogP contribution in [-0.4, -0.2) is 19.1 Å². The Morgan fingerprint density at radius 1 is 1.44 bits per heavy atom. The molecule has 1 saturated heterocycles. The van der Waals surface area contributed by atoms with Crippen LogP contribution >= 0.6 is 11.6 Å². The highest BCUT2D eigenvalue weighted by atomic mass is 35.5. The molecule has 2 aliphatic heterocycles. The Labute approximate surface area is 101 Å². The Bertz CT molecular complexity index is 405. The van der Waals surface area contributed by atoms with Crippen LogP contribution in [0.15, 0.2) is 18.2 Å². The van der Waals surface area contributed by atoms with Gasteiger partial charge in [-0.15, -0.1) is 0 Å². The topological polar surface area (TPSA) is 29.3 Å². The molecule has 1 aromatic carbocycles. The fraction of sp³-hybridized carbons (Fsp3) is 0.538. The maximum absolute atomic E-state index is 6.06. The Morgan fingerprint density at radius 3 is 3.12 bits per heavy atom. The lowest BCUT2D eigenvalue weighted by atomic mass is 9.91. The molecule has 0 saturated carbocycles. The second kappa shape index (κ2) is 3.94. The van der Waals surface area contributed by atoms with Crippen molar-refractivity contribution < 1.29 is 0 Å². The van der Waals surface area contributed by atoms with E-state index in [0.29, 0.717) is 12.0 Å². The molecule has 16 heavy (non-hydrogen) atoms. The van der Waals surface area contributed by atoms with E-state index in [1.54, 1.807) is 0 Å². The zero-order valence-corrected chi connectivity index (χ0v) is 10.1. The highest BCUT2D eigenvalue weighted by molar-refractivity contribution is 6.30. The first-order chi connectivity index (χ1) is 7.78. The summed E-state index contributed by atoms with van der Waals surface area (Å²) in [5, 5.41) is 0.848.